The van der Waals surface area contributed by atoms with Gasteiger partial charge >= 0.3 is 15.2 Å². The molecule has 0 bridgehead atoms. The minimum atomic E-state index is -3.88. The first-order chi connectivity index (χ1) is 5.12. The Morgan fingerprint density at radius 3 is 0.923 bits per heavy atom. The smallest absolute Gasteiger partial charge is 0.324 e. The number of hydrogen-bond acceptors (Lipinski definition) is 2. The zero-order valence-electron chi connectivity index (χ0n) is 6.17. The molecule has 4 N–H and O–H groups in total. The van der Waals surface area contributed by atoms with Gasteiger partial charge in [-0.25, -0.2) is 0 Å². The van der Waals surface area contributed by atoms with Gasteiger partial charge in [-0.1, -0.05) is 0 Å². The Balaban J connectivity index is -0.000000143. The van der Waals surface area contributed by atoms with Gasteiger partial charge in [0.05, 0.1) is 0 Å². The first-order valence-electron chi connectivity index (χ1n) is 2.33. The molecule has 0 fully saturated rings. The van der Waals surface area contributed by atoms with Crippen LogP contribution in [0.15, 0.2) is 0 Å². The molecule has 0 unspecified atom stereocenters. The largest absolute Gasteiger partial charge is 0.340 e. The number of rotatable bonds is 2. The zero-order chi connectivity index (χ0) is 10.4. The predicted octanol–water partition coefficient (Wildman–Crippen LogP) is 0.340. The van der Waals surface area contributed by atoms with Crippen LogP contribution in [0.3, 0.4) is 0 Å². The monoisotopic (exact) mass is 468 g/mol. The van der Waals surface area contributed by atoms with E-state index in [-0.39, 0.29) is 27.3 Å². The summed E-state index contributed by atoms with van der Waals surface area (Å²) in [6.45, 7) is 0. The average Bonchev–Trinajstić information content (AvgIpc) is 1.86. The van der Waals surface area contributed by atoms with Gasteiger partial charge in [-0.2, -0.15) is 0 Å². The summed E-state index contributed by atoms with van der Waals surface area (Å²) in [5.74, 6) is 0. The van der Waals surface area contributed by atoms with Gasteiger partial charge in [0.15, 0.2) is 0 Å². The molecule has 0 aliphatic rings. The van der Waals surface area contributed by atoms with Gasteiger partial charge in [-0.3, -0.25) is 9.13 Å². The summed E-state index contributed by atoms with van der Waals surface area (Å²) in [6, 6.07) is 0. The summed E-state index contributed by atoms with van der Waals surface area (Å²) in [5.41, 5.74) is -1.18. The molecule has 0 amide bonds. The van der Waals surface area contributed by atoms with E-state index < -0.39 is 26.4 Å². The SMILES string of the molecule is O=P(O)(O)CCl.O=P(O)(O)CCl.[Pb]. The van der Waals surface area contributed by atoms with Gasteiger partial charge in [0, 0.05) is 27.3 Å². The summed E-state index contributed by atoms with van der Waals surface area (Å²) in [6.07, 6.45) is 0. The molecule has 80 valence electrons. The van der Waals surface area contributed by atoms with Crippen LogP contribution in [0, 0.1) is 0 Å². The van der Waals surface area contributed by atoms with Crippen LogP contribution in [0.5, 0.6) is 0 Å². The Morgan fingerprint density at radius 2 is 0.923 bits per heavy atom. The second kappa shape index (κ2) is 9.06. The molecular formula is C2H8Cl2O6P2Pb. The van der Waals surface area contributed by atoms with Crippen LogP contribution in [0.1, 0.15) is 0 Å². The van der Waals surface area contributed by atoms with Crippen molar-refractivity contribution in [3.8, 4) is 0 Å². The van der Waals surface area contributed by atoms with E-state index in [2.05, 4.69) is 0 Å². The molecule has 0 aliphatic heterocycles. The van der Waals surface area contributed by atoms with Crippen LogP contribution >= 0.6 is 38.4 Å². The fourth-order valence-corrected chi connectivity index (χ4v) is 0. The molecule has 6 nitrogen and oxygen atoms in total. The van der Waals surface area contributed by atoms with Crippen molar-refractivity contribution in [3.05, 3.63) is 0 Å². The minimum absolute atomic E-state index is 0. The standard InChI is InChI=1S/2CH4ClO3P.Pb/c2*2-1-6(3,4)5;/h2*1H2,(H2,3,4,5);. The van der Waals surface area contributed by atoms with E-state index in [0.29, 0.717) is 0 Å². The molecule has 0 aromatic carbocycles. The molecule has 0 aliphatic carbocycles. The van der Waals surface area contributed by atoms with Crippen molar-refractivity contribution in [2.24, 2.45) is 0 Å². The van der Waals surface area contributed by atoms with E-state index in [1.807, 2.05) is 0 Å². The van der Waals surface area contributed by atoms with Crippen molar-refractivity contribution in [1.82, 2.24) is 0 Å². The van der Waals surface area contributed by atoms with Crippen molar-refractivity contribution in [3.63, 3.8) is 0 Å². The maximum absolute atomic E-state index is 9.56. The van der Waals surface area contributed by atoms with E-state index in [4.69, 9.17) is 42.8 Å². The van der Waals surface area contributed by atoms with Crippen molar-refractivity contribution < 1.29 is 28.7 Å². The van der Waals surface area contributed by atoms with Gasteiger partial charge < -0.3 is 19.6 Å². The molecule has 4 radical (unpaired) electrons. The second-order valence-electron chi connectivity index (χ2n) is 1.57. The Morgan fingerprint density at radius 1 is 0.846 bits per heavy atom. The first kappa shape index (κ1) is 20.2. The Labute approximate surface area is 105 Å². The minimum Gasteiger partial charge on any atom is -0.324 e. The Kier molecular flexibility index (Phi) is 14.1. The Bertz CT molecular complexity index is 177. The summed E-state index contributed by atoms with van der Waals surface area (Å²) in [7, 11) is -7.76. The molecule has 0 spiro atoms. The van der Waals surface area contributed by atoms with Gasteiger partial charge in [0.25, 0.3) is 0 Å². The Hall–Kier alpha value is 1.80. The van der Waals surface area contributed by atoms with Crippen LogP contribution < -0.4 is 0 Å². The fraction of sp³-hybridized carbons (Fsp3) is 1.00. The van der Waals surface area contributed by atoms with Gasteiger partial charge in [-0.15, -0.1) is 23.2 Å². The molecular weight excluding hydrogens is 460 g/mol. The molecule has 0 heterocycles. The summed E-state index contributed by atoms with van der Waals surface area (Å²) in [4.78, 5) is 31.2. The summed E-state index contributed by atoms with van der Waals surface area (Å²) in [5, 5.41) is 0. The normalized spacial score (nSPS) is 10.9. The van der Waals surface area contributed by atoms with E-state index >= 15 is 0 Å². The number of alkyl halides is 2. The maximum atomic E-state index is 9.56. The predicted molar refractivity (Wildman–Crippen MR) is 51.3 cm³/mol. The van der Waals surface area contributed by atoms with Crippen LogP contribution in [0.25, 0.3) is 0 Å². The second-order valence-corrected chi connectivity index (χ2v) is 6.14. The molecule has 0 saturated carbocycles. The molecule has 0 atom stereocenters. The van der Waals surface area contributed by atoms with E-state index in [1.165, 1.54) is 0 Å². The third-order valence-electron chi connectivity index (χ3n) is 0.311. The van der Waals surface area contributed by atoms with Gasteiger partial charge in [0.2, 0.25) is 0 Å². The van der Waals surface area contributed by atoms with Crippen molar-refractivity contribution in [2.45, 2.75) is 0 Å². The summed E-state index contributed by atoms with van der Waals surface area (Å²) >= 11 is 9.43. The van der Waals surface area contributed by atoms with Gasteiger partial charge in [0.1, 0.15) is 11.2 Å². The molecule has 0 aromatic rings. The molecule has 11 heteroatoms. The first-order valence-corrected chi connectivity index (χ1v) is 7.00. The van der Waals surface area contributed by atoms with E-state index in [0.717, 1.165) is 0 Å². The number of halogens is 2. The van der Waals surface area contributed by atoms with E-state index in [9.17, 15) is 9.13 Å². The van der Waals surface area contributed by atoms with E-state index in [1.54, 1.807) is 0 Å². The van der Waals surface area contributed by atoms with Gasteiger partial charge in [-0.05, 0) is 0 Å². The maximum Gasteiger partial charge on any atom is 0.340 e. The van der Waals surface area contributed by atoms with Crippen molar-refractivity contribution in [1.29, 1.82) is 0 Å². The molecule has 0 aromatic heterocycles. The quantitative estimate of drug-likeness (QED) is 0.264. The topological polar surface area (TPSA) is 115 Å². The summed E-state index contributed by atoms with van der Waals surface area (Å²) < 4.78 is 19.1. The molecule has 13 heavy (non-hydrogen) atoms. The molecule has 0 rings (SSSR count). The van der Waals surface area contributed by atoms with Crippen molar-refractivity contribution >= 4 is 65.7 Å². The third kappa shape index (κ3) is 31.6. The zero-order valence-corrected chi connectivity index (χ0v) is 13.4. The number of hydrogen-bond donors (Lipinski definition) is 4. The fourth-order valence-electron chi connectivity index (χ4n) is 0. The average molecular weight is 468 g/mol. The van der Waals surface area contributed by atoms with Crippen LogP contribution in [-0.2, 0) is 9.13 Å². The molecule has 0 saturated heterocycles. The van der Waals surface area contributed by atoms with Crippen molar-refractivity contribution in [2.75, 3.05) is 11.2 Å². The third-order valence-corrected chi connectivity index (χ3v) is 2.80. The van der Waals surface area contributed by atoms with Crippen LogP contribution in [-0.4, -0.2) is 58.1 Å². The van der Waals surface area contributed by atoms with Crippen LogP contribution in [0.4, 0.5) is 0 Å². The van der Waals surface area contributed by atoms with Crippen LogP contribution in [0.2, 0.25) is 0 Å².